The predicted octanol–water partition coefficient (Wildman–Crippen LogP) is 2.81. The first-order chi connectivity index (χ1) is 18.1. The van der Waals surface area contributed by atoms with Crippen molar-refractivity contribution in [2.45, 2.75) is 0 Å². The molecule has 1 aromatic carbocycles. The van der Waals surface area contributed by atoms with Crippen LogP contribution < -0.4 is 19.7 Å². The van der Waals surface area contributed by atoms with Crippen LogP contribution in [0.2, 0.25) is 0 Å². The smallest absolute Gasteiger partial charge is 0.325 e. The fourth-order valence-corrected chi connectivity index (χ4v) is 4.86. The zero-order valence-corrected chi connectivity index (χ0v) is 20.2. The molecule has 6 heterocycles. The van der Waals surface area contributed by atoms with Gasteiger partial charge in [-0.3, -0.25) is 9.88 Å². The molecule has 0 radical (unpaired) electrons. The molecule has 186 valence electrons. The van der Waals surface area contributed by atoms with Gasteiger partial charge in [-0.15, -0.1) is 5.10 Å². The third kappa shape index (κ3) is 3.25. The van der Waals surface area contributed by atoms with Crippen LogP contribution in [0, 0.1) is 0 Å². The number of rotatable bonds is 4. The van der Waals surface area contributed by atoms with Gasteiger partial charge in [0, 0.05) is 57.4 Å². The van der Waals surface area contributed by atoms with Crippen molar-refractivity contribution >= 4 is 34.1 Å². The van der Waals surface area contributed by atoms with E-state index in [1.807, 2.05) is 30.5 Å². The lowest BCUT2D eigenvalue weighted by Gasteiger charge is -2.21. The molecule has 1 fully saturated rings. The first kappa shape index (κ1) is 21.4. The Morgan fingerprint density at radius 2 is 2.05 bits per heavy atom. The summed E-state index contributed by atoms with van der Waals surface area (Å²) in [5, 5.41) is 13.4. The number of aromatic nitrogens is 6. The Labute approximate surface area is 211 Å². The summed E-state index contributed by atoms with van der Waals surface area (Å²) in [4.78, 5) is 25.5. The molecule has 0 saturated carbocycles. The van der Waals surface area contributed by atoms with Crippen molar-refractivity contribution in [1.82, 2.24) is 34.3 Å². The summed E-state index contributed by atoms with van der Waals surface area (Å²) in [6.07, 6.45) is 7.07. The Kier molecular flexibility index (Phi) is 4.68. The van der Waals surface area contributed by atoms with E-state index in [0.717, 1.165) is 28.7 Å². The monoisotopic (exact) mass is 497 g/mol. The summed E-state index contributed by atoms with van der Waals surface area (Å²) in [5.74, 6) is 1.87. The molecule has 2 amide bonds. The van der Waals surface area contributed by atoms with Crippen molar-refractivity contribution in [2.75, 3.05) is 50.6 Å². The van der Waals surface area contributed by atoms with Crippen LogP contribution in [0.25, 0.3) is 33.5 Å². The highest BCUT2D eigenvalue weighted by atomic mass is 16.5. The highest BCUT2D eigenvalue weighted by molar-refractivity contribution is 6.03. The van der Waals surface area contributed by atoms with Crippen molar-refractivity contribution in [2.24, 2.45) is 0 Å². The van der Waals surface area contributed by atoms with Gasteiger partial charge >= 0.3 is 6.03 Å². The summed E-state index contributed by atoms with van der Waals surface area (Å²) >= 11 is 0. The van der Waals surface area contributed by atoms with E-state index in [-0.39, 0.29) is 6.03 Å². The van der Waals surface area contributed by atoms with E-state index < -0.39 is 0 Å². The van der Waals surface area contributed by atoms with Gasteiger partial charge in [0.1, 0.15) is 23.8 Å². The van der Waals surface area contributed by atoms with Gasteiger partial charge in [-0.05, 0) is 12.1 Å². The van der Waals surface area contributed by atoms with Crippen LogP contribution in [-0.2, 0) is 0 Å². The summed E-state index contributed by atoms with van der Waals surface area (Å²) in [6.45, 7) is 2.44. The van der Waals surface area contributed by atoms with Gasteiger partial charge in [-0.2, -0.15) is 5.10 Å². The molecule has 0 atom stereocenters. The number of hydrogen-bond acceptors (Lipinski definition) is 8. The van der Waals surface area contributed by atoms with Crippen LogP contribution in [0.3, 0.4) is 0 Å². The SMILES string of the molecule is COc1cc2c(cc1-n1nc(N3CCN(C)C3=O)c3cnc(-c4cnn5cccnc45)cc31)OCCN2. The highest BCUT2D eigenvalue weighted by Gasteiger charge is 2.31. The molecule has 1 saturated heterocycles. The number of fused-ring (bicyclic) bond motifs is 3. The van der Waals surface area contributed by atoms with E-state index in [4.69, 9.17) is 19.6 Å². The third-order valence-electron chi connectivity index (χ3n) is 6.76. The molecule has 0 aliphatic carbocycles. The van der Waals surface area contributed by atoms with Crippen LogP contribution in [0.15, 0.2) is 49.1 Å². The van der Waals surface area contributed by atoms with Crippen LogP contribution in [-0.4, -0.2) is 80.7 Å². The molecule has 4 aromatic heterocycles. The number of pyridine rings is 1. The van der Waals surface area contributed by atoms with Gasteiger partial charge in [0.05, 0.1) is 41.2 Å². The van der Waals surface area contributed by atoms with Gasteiger partial charge in [0.25, 0.3) is 0 Å². The van der Waals surface area contributed by atoms with Crippen molar-refractivity contribution in [3.05, 3.63) is 49.1 Å². The van der Waals surface area contributed by atoms with E-state index in [0.29, 0.717) is 54.0 Å². The highest BCUT2D eigenvalue weighted by Crippen LogP contribution is 2.40. The molecule has 0 bridgehead atoms. The molecule has 7 rings (SSSR count). The molecular weight excluding hydrogens is 474 g/mol. The minimum absolute atomic E-state index is 0.104. The number of methoxy groups -OCH3 is 1. The van der Waals surface area contributed by atoms with E-state index >= 15 is 0 Å². The number of urea groups is 1. The van der Waals surface area contributed by atoms with Gasteiger partial charge in [0.2, 0.25) is 0 Å². The number of nitrogens with one attached hydrogen (secondary N) is 1. The van der Waals surface area contributed by atoms with Crippen molar-refractivity contribution < 1.29 is 14.3 Å². The number of benzene rings is 1. The number of carbonyl (C=O) groups is 1. The average molecular weight is 498 g/mol. The van der Waals surface area contributed by atoms with Crippen LogP contribution in [0.5, 0.6) is 11.5 Å². The summed E-state index contributed by atoms with van der Waals surface area (Å²) in [7, 11) is 3.41. The standard InChI is InChI=1S/C25H23N9O3/c1-31-7-8-32(25(31)35)24-16-13-28-17(15-14-29-33-6-3-4-27-23(15)33)10-19(16)34(30-24)20-12-21-18(11-22(20)36-2)26-5-9-37-21/h3-4,6,10-14,26H,5,7-9H2,1-2H3. The molecule has 0 unspecified atom stereocenters. The first-order valence-electron chi connectivity index (χ1n) is 11.9. The molecule has 1 N–H and O–H groups in total. The summed E-state index contributed by atoms with van der Waals surface area (Å²) in [6, 6.07) is 7.48. The zero-order chi connectivity index (χ0) is 25.1. The number of carbonyl (C=O) groups excluding carboxylic acids is 1. The van der Waals surface area contributed by atoms with Gasteiger partial charge in [0.15, 0.2) is 11.5 Å². The maximum atomic E-state index is 12.9. The molecular formula is C25H23N9O3. The average Bonchev–Trinajstić information content (AvgIpc) is 3.63. The quantitative estimate of drug-likeness (QED) is 0.403. The molecule has 2 aliphatic heterocycles. The van der Waals surface area contributed by atoms with Crippen LogP contribution in [0.1, 0.15) is 0 Å². The van der Waals surface area contributed by atoms with E-state index in [1.165, 1.54) is 0 Å². The van der Waals surface area contributed by atoms with Crippen molar-refractivity contribution in [1.29, 1.82) is 0 Å². The number of nitrogens with zero attached hydrogens (tertiary/aromatic N) is 8. The fourth-order valence-electron chi connectivity index (χ4n) is 4.86. The van der Waals surface area contributed by atoms with Crippen LogP contribution >= 0.6 is 0 Å². The Balaban J connectivity index is 1.47. The number of anilines is 2. The van der Waals surface area contributed by atoms with Crippen LogP contribution in [0.4, 0.5) is 16.3 Å². The second-order valence-corrected chi connectivity index (χ2v) is 8.92. The Hall–Kier alpha value is -4.87. The Morgan fingerprint density at radius 1 is 1.14 bits per heavy atom. The normalized spacial score (nSPS) is 15.2. The second-order valence-electron chi connectivity index (χ2n) is 8.92. The number of amides is 2. The minimum atomic E-state index is -0.104. The zero-order valence-electron chi connectivity index (χ0n) is 20.2. The lowest BCUT2D eigenvalue weighted by molar-refractivity contribution is 0.229. The third-order valence-corrected chi connectivity index (χ3v) is 6.76. The molecule has 5 aromatic rings. The van der Waals surface area contributed by atoms with E-state index in [1.54, 1.807) is 51.7 Å². The van der Waals surface area contributed by atoms with Gasteiger partial charge < -0.3 is 19.7 Å². The van der Waals surface area contributed by atoms with Crippen molar-refractivity contribution in [3.8, 4) is 28.4 Å². The topological polar surface area (TPSA) is 115 Å². The van der Waals surface area contributed by atoms with Gasteiger partial charge in [-0.25, -0.2) is 19.0 Å². The molecule has 12 heteroatoms. The maximum Gasteiger partial charge on any atom is 0.325 e. The van der Waals surface area contributed by atoms with E-state index in [2.05, 4.69) is 15.4 Å². The number of ether oxygens (including phenoxy) is 2. The lowest BCUT2D eigenvalue weighted by Crippen LogP contribution is -2.29. The lowest BCUT2D eigenvalue weighted by atomic mass is 10.1. The van der Waals surface area contributed by atoms with Gasteiger partial charge in [-0.1, -0.05) is 0 Å². The molecule has 37 heavy (non-hydrogen) atoms. The Bertz CT molecular complexity index is 1690. The molecule has 2 aliphatic rings. The van der Waals surface area contributed by atoms with E-state index in [9.17, 15) is 4.79 Å². The van der Waals surface area contributed by atoms with Crippen molar-refractivity contribution in [3.63, 3.8) is 0 Å². The second kappa shape index (κ2) is 8.08. The molecule has 0 spiro atoms. The summed E-state index contributed by atoms with van der Waals surface area (Å²) in [5.41, 5.74) is 4.49. The number of hydrogen-bond donors (Lipinski definition) is 1. The maximum absolute atomic E-state index is 12.9. The fraction of sp³-hybridized carbons (Fsp3) is 0.240. The Morgan fingerprint density at radius 3 is 2.89 bits per heavy atom. The molecule has 12 nitrogen and oxygen atoms in total. The predicted molar refractivity (Wildman–Crippen MR) is 137 cm³/mol. The largest absolute Gasteiger partial charge is 0.494 e. The summed E-state index contributed by atoms with van der Waals surface area (Å²) < 4.78 is 15.2. The first-order valence-corrected chi connectivity index (χ1v) is 11.9. The minimum Gasteiger partial charge on any atom is -0.494 e. The number of likely N-dealkylation sites (N-methyl/N-ethyl adjacent to an activating group) is 1.